The lowest BCUT2D eigenvalue weighted by Crippen LogP contribution is -2.22. The van der Waals surface area contributed by atoms with E-state index in [4.69, 9.17) is 11.6 Å². The first-order chi connectivity index (χ1) is 10.1. The van der Waals surface area contributed by atoms with Crippen molar-refractivity contribution in [3.8, 4) is 0 Å². The lowest BCUT2D eigenvalue weighted by Gasteiger charge is -2.07. The first-order valence-electron chi connectivity index (χ1n) is 6.29. The molecule has 0 saturated carbocycles. The molecular formula is C15H11ClFN3O. The smallest absolute Gasteiger partial charge is 0.251 e. The Balaban J connectivity index is 1.76. The number of carbonyl (C=O) groups is 1. The number of aromatic amines is 1. The number of hydrogen-bond donors (Lipinski definition) is 2. The lowest BCUT2D eigenvalue weighted by molar-refractivity contribution is 0.0951. The Morgan fingerprint density at radius 3 is 3.00 bits per heavy atom. The number of amides is 1. The van der Waals surface area contributed by atoms with Gasteiger partial charge in [0.2, 0.25) is 0 Å². The van der Waals surface area contributed by atoms with Crippen LogP contribution in [0.2, 0.25) is 5.02 Å². The monoisotopic (exact) mass is 303 g/mol. The molecule has 0 spiro atoms. The third-order valence-corrected chi connectivity index (χ3v) is 3.49. The van der Waals surface area contributed by atoms with Crippen LogP contribution in [0, 0.1) is 5.82 Å². The van der Waals surface area contributed by atoms with Crippen molar-refractivity contribution < 1.29 is 9.18 Å². The van der Waals surface area contributed by atoms with Crippen LogP contribution >= 0.6 is 11.6 Å². The van der Waals surface area contributed by atoms with Crippen LogP contribution in [0.4, 0.5) is 4.39 Å². The maximum Gasteiger partial charge on any atom is 0.251 e. The van der Waals surface area contributed by atoms with Gasteiger partial charge in [0.05, 0.1) is 16.7 Å². The highest BCUT2D eigenvalue weighted by atomic mass is 35.5. The average molecular weight is 304 g/mol. The van der Waals surface area contributed by atoms with Gasteiger partial charge in [0.15, 0.2) is 0 Å². The number of rotatable bonds is 3. The van der Waals surface area contributed by atoms with Crippen LogP contribution in [0.5, 0.6) is 0 Å². The largest absolute Gasteiger partial charge is 0.348 e. The molecule has 4 nitrogen and oxygen atoms in total. The van der Waals surface area contributed by atoms with E-state index >= 15 is 0 Å². The van der Waals surface area contributed by atoms with Crippen molar-refractivity contribution in [3.05, 3.63) is 64.6 Å². The number of aromatic nitrogens is 2. The third-order valence-electron chi connectivity index (χ3n) is 3.20. The second-order valence-corrected chi connectivity index (χ2v) is 4.97. The third kappa shape index (κ3) is 2.73. The van der Waals surface area contributed by atoms with Gasteiger partial charge in [-0.2, -0.15) is 5.10 Å². The van der Waals surface area contributed by atoms with Gasteiger partial charge in [-0.3, -0.25) is 9.89 Å². The van der Waals surface area contributed by atoms with Gasteiger partial charge < -0.3 is 5.32 Å². The Bertz CT molecular complexity index is 816. The number of hydrogen-bond acceptors (Lipinski definition) is 2. The molecule has 6 heteroatoms. The van der Waals surface area contributed by atoms with Crippen LogP contribution in [-0.2, 0) is 6.54 Å². The van der Waals surface area contributed by atoms with Crippen molar-refractivity contribution in [2.24, 2.45) is 0 Å². The highest BCUT2D eigenvalue weighted by Crippen LogP contribution is 2.17. The molecule has 0 aliphatic carbocycles. The summed E-state index contributed by atoms with van der Waals surface area (Å²) >= 11 is 5.67. The Hall–Kier alpha value is -2.40. The topological polar surface area (TPSA) is 57.8 Å². The van der Waals surface area contributed by atoms with Crippen molar-refractivity contribution in [1.82, 2.24) is 15.5 Å². The molecule has 0 bridgehead atoms. The van der Waals surface area contributed by atoms with Crippen LogP contribution < -0.4 is 5.32 Å². The SMILES string of the molecule is O=C(NCc1cccc2[nH]ncc12)c1ccc(F)c(Cl)c1. The standard InChI is InChI=1S/C15H11ClFN3O/c16-12-6-9(4-5-13(12)17)15(21)18-7-10-2-1-3-14-11(10)8-19-20-14/h1-6,8H,7H2,(H,18,21)(H,19,20). The van der Waals surface area contributed by atoms with Gasteiger partial charge in [0, 0.05) is 17.5 Å². The minimum atomic E-state index is -0.545. The van der Waals surface area contributed by atoms with E-state index in [9.17, 15) is 9.18 Å². The van der Waals surface area contributed by atoms with E-state index in [1.165, 1.54) is 18.2 Å². The molecule has 0 aliphatic rings. The molecule has 3 aromatic rings. The first kappa shape index (κ1) is 13.6. The maximum atomic E-state index is 13.1. The number of H-pyrrole nitrogens is 1. The Morgan fingerprint density at radius 2 is 2.19 bits per heavy atom. The van der Waals surface area contributed by atoms with E-state index in [0.717, 1.165) is 16.5 Å². The molecule has 0 unspecified atom stereocenters. The molecule has 1 aromatic heterocycles. The predicted molar refractivity (Wildman–Crippen MR) is 78.7 cm³/mol. The summed E-state index contributed by atoms with van der Waals surface area (Å²) < 4.78 is 13.1. The highest BCUT2D eigenvalue weighted by molar-refractivity contribution is 6.31. The maximum absolute atomic E-state index is 13.1. The van der Waals surface area contributed by atoms with Gasteiger partial charge in [0.1, 0.15) is 5.82 Å². The summed E-state index contributed by atoms with van der Waals surface area (Å²) in [6.07, 6.45) is 1.71. The number of nitrogens with one attached hydrogen (secondary N) is 2. The van der Waals surface area contributed by atoms with Crippen molar-refractivity contribution in [2.75, 3.05) is 0 Å². The summed E-state index contributed by atoms with van der Waals surface area (Å²) in [7, 11) is 0. The van der Waals surface area contributed by atoms with Crippen LogP contribution in [0.25, 0.3) is 10.9 Å². The highest BCUT2D eigenvalue weighted by Gasteiger charge is 2.09. The van der Waals surface area contributed by atoms with E-state index < -0.39 is 5.82 Å². The van der Waals surface area contributed by atoms with Gasteiger partial charge >= 0.3 is 0 Å². The Morgan fingerprint density at radius 1 is 1.33 bits per heavy atom. The molecule has 0 atom stereocenters. The van der Waals surface area contributed by atoms with Gasteiger partial charge in [-0.25, -0.2) is 4.39 Å². The second kappa shape index (κ2) is 5.54. The minimum absolute atomic E-state index is 0.0698. The summed E-state index contributed by atoms with van der Waals surface area (Å²) in [6.45, 7) is 0.352. The zero-order chi connectivity index (χ0) is 14.8. The fraction of sp³-hybridized carbons (Fsp3) is 0.0667. The van der Waals surface area contributed by atoms with E-state index in [0.29, 0.717) is 12.1 Å². The zero-order valence-electron chi connectivity index (χ0n) is 10.9. The van der Waals surface area contributed by atoms with E-state index in [1.807, 2.05) is 18.2 Å². The number of benzene rings is 2. The summed E-state index contributed by atoms with van der Waals surface area (Å²) in [4.78, 5) is 12.0. The van der Waals surface area contributed by atoms with Crippen molar-refractivity contribution in [2.45, 2.75) is 6.54 Å². The molecular weight excluding hydrogens is 293 g/mol. The Kier molecular flexibility index (Phi) is 3.58. The molecule has 1 heterocycles. The molecule has 0 aliphatic heterocycles. The quantitative estimate of drug-likeness (QED) is 0.780. The molecule has 2 N–H and O–H groups in total. The van der Waals surface area contributed by atoms with Crippen molar-refractivity contribution in [1.29, 1.82) is 0 Å². The first-order valence-corrected chi connectivity index (χ1v) is 6.67. The van der Waals surface area contributed by atoms with E-state index in [1.54, 1.807) is 6.20 Å². The number of halogens is 2. The zero-order valence-corrected chi connectivity index (χ0v) is 11.6. The molecule has 106 valence electrons. The van der Waals surface area contributed by atoms with E-state index in [-0.39, 0.29) is 10.9 Å². The van der Waals surface area contributed by atoms with Gasteiger partial charge in [-0.1, -0.05) is 23.7 Å². The fourth-order valence-electron chi connectivity index (χ4n) is 2.10. The number of fused-ring (bicyclic) bond motifs is 1. The van der Waals surface area contributed by atoms with Gasteiger partial charge in [-0.05, 0) is 29.8 Å². The summed E-state index contributed by atoms with van der Waals surface area (Å²) in [6, 6.07) is 9.59. The van der Waals surface area contributed by atoms with Crippen LogP contribution in [0.1, 0.15) is 15.9 Å². The number of nitrogens with zero attached hydrogens (tertiary/aromatic N) is 1. The molecule has 1 amide bonds. The average Bonchev–Trinajstić information content (AvgIpc) is 2.96. The molecule has 0 fully saturated rings. The minimum Gasteiger partial charge on any atom is -0.348 e. The van der Waals surface area contributed by atoms with Gasteiger partial charge in [0.25, 0.3) is 5.91 Å². The molecule has 2 aromatic carbocycles. The van der Waals surface area contributed by atoms with E-state index in [2.05, 4.69) is 15.5 Å². The molecule has 21 heavy (non-hydrogen) atoms. The Labute approximate surface area is 124 Å². The lowest BCUT2D eigenvalue weighted by atomic mass is 10.1. The van der Waals surface area contributed by atoms with Crippen LogP contribution in [0.15, 0.2) is 42.6 Å². The summed E-state index contributed by atoms with van der Waals surface area (Å²) in [5.41, 5.74) is 2.18. The van der Waals surface area contributed by atoms with Crippen molar-refractivity contribution >= 4 is 28.4 Å². The predicted octanol–water partition coefficient (Wildman–Crippen LogP) is 3.29. The normalized spacial score (nSPS) is 10.8. The van der Waals surface area contributed by atoms with Crippen LogP contribution in [0.3, 0.4) is 0 Å². The van der Waals surface area contributed by atoms with Crippen molar-refractivity contribution in [3.63, 3.8) is 0 Å². The summed E-state index contributed by atoms with van der Waals surface area (Å²) in [5, 5.41) is 10.5. The second-order valence-electron chi connectivity index (χ2n) is 4.56. The molecule has 0 radical (unpaired) electrons. The number of carbonyl (C=O) groups excluding carboxylic acids is 1. The fourth-order valence-corrected chi connectivity index (χ4v) is 2.28. The summed E-state index contributed by atoms with van der Waals surface area (Å²) in [5.74, 6) is -0.853. The van der Waals surface area contributed by atoms with Crippen LogP contribution in [-0.4, -0.2) is 16.1 Å². The molecule has 3 rings (SSSR count). The molecule has 0 saturated heterocycles. The van der Waals surface area contributed by atoms with Gasteiger partial charge in [-0.15, -0.1) is 0 Å².